The fraction of sp³-hybridized carbons (Fsp3) is 0.429. The molecule has 0 aliphatic heterocycles. The van der Waals surface area contributed by atoms with Crippen molar-refractivity contribution in [1.82, 2.24) is 0 Å². The molecule has 0 aliphatic rings. The van der Waals surface area contributed by atoms with Crippen molar-refractivity contribution in [3.8, 4) is 0 Å². The van der Waals surface area contributed by atoms with Crippen molar-refractivity contribution in [3.63, 3.8) is 0 Å². The van der Waals surface area contributed by atoms with Gasteiger partial charge in [0.1, 0.15) is 0 Å². The van der Waals surface area contributed by atoms with Crippen molar-refractivity contribution in [2.75, 3.05) is 5.33 Å². The van der Waals surface area contributed by atoms with Crippen molar-refractivity contribution < 1.29 is 36.2 Å². The van der Waals surface area contributed by atoms with Crippen molar-refractivity contribution in [3.05, 3.63) is 34.9 Å². The van der Waals surface area contributed by atoms with E-state index in [2.05, 4.69) is 20.9 Å². The van der Waals surface area contributed by atoms with Gasteiger partial charge in [0, 0.05) is 11.5 Å². The van der Waals surface area contributed by atoms with Crippen LogP contribution >= 0.6 is 15.9 Å². The van der Waals surface area contributed by atoms with Crippen molar-refractivity contribution in [1.29, 1.82) is 0 Å². The van der Waals surface area contributed by atoms with Gasteiger partial charge in [0.25, 0.3) is 0 Å². The van der Waals surface area contributed by atoms with Gasteiger partial charge in [0.2, 0.25) is 0 Å². The van der Waals surface area contributed by atoms with Crippen LogP contribution in [0.15, 0.2) is 23.2 Å². The van der Waals surface area contributed by atoms with E-state index < -0.39 is 40.6 Å². The van der Waals surface area contributed by atoms with Gasteiger partial charge in [-0.1, -0.05) is 22.9 Å². The van der Waals surface area contributed by atoms with Crippen LogP contribution in [0.2, 0.25) is 0 Å². The number of aliphatic imine (C=N–C) groups is 1. The molecule has 0 spiro atoms. The number of nitrogens with zero attached hydrogens (tertiary/aromatic N) is 1. The molecule has 0 amide bonds. The third-order valence-electron chi connectivity index (χ3n) is 3.27. The number of carbonyl (C=O) groups is 1. The molecule has 3 nitrogen and oxygen atoms in total. The number of carboxylic acids is 1. The SMILES string of the molecule is CCC(CBr)(/N=C/c1cc(C(F)(F)F)cc(C(F)(F)F)c1)C(=O)O. The zero-order chi connectivity index (χ0) is 18.8. The van der Waals surface area contributed by atoms with Crippen LogP contribution in [0.4, 0.5) is 26.3 Å². The summed E-state index contributed by atoms with van der Waals surface area (Å²) >= 11 is 2.95. The highest BCUT2D eigenvalue weighted by Gasteiger charge is 2.37. The first-order valence-corrected chi connectivity index (χ1v) is 7.62. The molecule has 134 valence electrons. The lowest BCUT2D eigenvalue weighted by atomic mass is 10.00. The molecule has 1 unspecified atom stereocenters. The van der Waals surface area contributed by atoms with Crippen molar-refractivity contribution in [2.24, 2.45) is 4.99 Å². The van der Waals surface area contributed by atoms with Gasteiger partial charge in [-0.15, -0.1) is 0 Å². The molecule has 10 heteroatoms. The Morgan fingerprint density at radius 3 is 1.88 bits per heavy atom. The Balaban J connectivity index is 3.43. The van der Waals surface area contributed by atoms with Gasteiger partial charge < -0.3 is 5.11 Å². The molecule has 0 saturated heterocycles. The second kappa shape index (κ2) is 7.12. The number of alkyl halides is 7. The summed E-state index contributed by atoms with van der Waals surface area (Å²) in [6.07, 6.45) is -9.25. The van der Waals surface area contributed by atoms with Crippen LogP contribution in [0.3, 0.4) is 0 Å². The Morgan fingerprint density at radius 1 is 1.12 bits per heavy atom. The lowest BCUT2D eigenvalue weighted by Gasteiger charge is -2.20. The van der Waals surface area contributed by atoms with E-state index in [1.165, 1.54) is 6.92 Å². The van der Waals surface area contributed by atoms with Gasteiger partial charge >= 0.3 is 18.3 Å². The highest BCUT2D eigenvalue weighted by molar-refractivity contribution is 9.09. The fourth-order valence-corrected chi connectivity index (χ4v) is 2.52. The van der Waals surface area contributed by atoms with Gasteiger partial charge in [-0.3, -0.25) is 4.99 Å². The molecule has 1 N–H and O–H groups in total. The van der Waals surface area contributed by atoms with Gasteiger partial charge in [0.15, 0.2) is 5.54 Å². The second-order valence-corrected chi connectivity index (χ2v) is 5.48. The summed E-state index contributed by atoms with van der Waals surface area (Å²) in [6, 6.07) is 0.955. The van der Waals surface area contributed by atoms with Crippen LogP contribution in [0.1, 0.15) is 30.0 Å². The number of hydrogen-bond acceptors (Lipinski definition) is 2. The summed E-state index contributed by atoms with van der Waals surface area (Å²) in [5.41, 5.74) is -5.14. The van der Waals surface area contributed by atoms with Crippen LogP contribution in [-0.2, 0) is 17.1 Å². The van der Waals surface area contributed by atoms with Crippen LogP contribution in [0.25, 0.3) is 0 Å². The normalized spacial score (nSPS) is 15.5. The molecule has 0 aromatic heterocycles. The average molecular weight is 420 g/mol. The monoisotopic (exact) mass is 419 g/mol. The summed E-state index contributed by atoms with van der Waals surface area (Å²) in [5, 5.41) is 9.02. The third kappa shape index (κ3) is 4.71. The smallest absolute Gasteiger partial charge is 0.416 e. The van der Waals surface area contributed by atoms with Gasteiger partial charge in [-0.05, 0) is 30.2 Å². The van der Waals surface area contributed by atoms with Crippen molar-refractivity contribution in [2.45, 2.75) is 31.2 Å². The van der Waals surface area contributed by atoms with Gasteiger partial charge in [0.05, 0.1) is 11.1 Å². The first-order valence-electron chi connectivity index (χ1n) is 6.50. The summed E-state index contributed by atoms with van der Waals surface area (Å²) in [7, 11) is 0. The highest BCUT2D eigenvalue weighted by Crippen LogP contribution is 2.36. The van der Waals surface area contributed by atoms with Gasteiger partial charge in [-0.2, -0.15) is 26.3 Å². The molecule has 1 aromatic carbocycles. The predicted molar refractivity (Wildman–Crippen MR) is 78.5 cm³/mol. The summed E-state index contributed by atoms with van der Waals surface area (Å²) in [4.78, 5) is 15.0. The van der Waals surface area contributed by atoms with Crippen LogP contribution in [0, 0.1) is 0 Å². The highest BCUT2D eigenvalue weighted by atomic mass is 79.9. The Hall–Kier alpha value is -1.58. The number of hydrogen-bond donors (Lipinski definition) is 1. The first-order chi connectivity index (χ1) is 10.9. The predicted octanol–water partition coefficient (Wildman–Crippen LogP) is 4.77. The van der Waals surface area contributed by atoms with Crippen LogP contribution in [0.5, 0.6) is 0 Å². The molecule has 24 heavy (non-hydrogen) atoms. The lowest BCUT2D eigenvalue weighted by Crippen LogP contribution is -2.38. The minimum Gasteiger partial charge on any atom is -0.479 e. The quantitative estimate of drug-likeness (QED) is 0.424. The van der Waals surface area contributed by atoms with E-state index in [4.69, 9.17) is 5.11 Å². The summed E-state index contributed by atoms with van der Waals surface area (Å²) in [6.45, 7) is 1.49. The Bertz CT molecular complexity index is 603. The standard InChI is InChI=1S/C14H12BrF6NO2/c1-2-12(7-15,11(23)24)22-6-8-3-9(13(16,17)18)5-10(4-8)14(19,20)21/h3-6H,2,7H2,1H3,(H,23,24)/b22-6+. The molecular weight excluding hydrogens is 408 g/mol. The summed E-state index contributed by atoms with van der Waals surface area (Å²) < 4.78 is 76.5. The van der Waals surface area contributed by atoms with E-state index >= 15 is 0 Å². The molecule has 0 fully saturated rings. The van der Waals surface area contributed by atoms with E-state index in [9.17, 15) is 31.1 Å². The third-order valence-corrected chi connectivity index (χ3v) is 4.20. The molecule has 1 atom stereocenters. The lowest BCUT2D eigenvalue weighted by molar-refractivity contribution is -0.144. The molecule has 0 aliphatic carbocycles. The molecule has 0 bridgehead atoms. The van der Waals surface area contributed by atoms with E-state index in [0.717, 1.165) is 0 Å². The number of aliphatic carboxylic acids is 1. The largest absolute Gasteiger partial charge is 0.479 e. The number of rotatable bonds is 5. The Kier molecular flexibility index (Phi) is 6.07. The van der Waals surface area contributed by atoms with E-state index in [1.807, 2.05) is 0 Å². The van der Waals surface area contributed by atoms with E-state index in [0.29, 0.717) is 18.3 Å². The first kappa shape index (κ1) is 20.5. The zero-order valence-electron chi connectivity index (χ0n) is 12.2. The van der Waals surface area contributed by atoms with E-state index in [-0.39, 0.29) is 17.8 Å². The molecular formula is C14H12BrF6NO2. The van der Waals surface area contributed by atoms with E-state index in [1.54, 1.807) is 0 Å². The second-order valence-electron chi connectivity index (χ2n) is 4.92. The maximum Gasteiger partial charge on any atom is 0.416 e. The molecule has 0 radical (unpaired) electrons. The fourth-order valence-electron chi connectivity index (χ4n) is 1.74. The number of carboxylic acid groups (broad SMARTS) is 1. The Morgan fingerprint density at radius 2 is 1.58 bits per heavy atom. The minimum atomic E-state index is -4.98. The number of halogens is 7. The Labute approximate surface area is 141 Å². The van der Waals surface area contributed by atoms with Crippen molar-refractivity contribution >= 4 is 28.1 Å². The van der Waals surface area contributed by atoms with Gasteiger partial charge in [-0.25, -0.2) is 4.79 Å². The molecule has 1 rings (SSSR count). The maximum atomic E-state index is 12.8. The summed E-state index contributed by atoms with van der Waals surface area (Å²) in [5.74, 6) is -1.35. The molecule has 0 heterocycles. The topological polar surface area (TPSA) is 49.7 Å². The zero-order valence-corrected chi connectivity index (χ0v) is 13.8. The maximum absolute atomic E-state index is 12.8. The molecule has 0 saturated carbocycles. The minimum absolute atomic E-state index is 0.00479. The van der Waals surface area contributed by atoms with Crippen LogP contribution < -0.4 is 0 Å². The average Bonchev–Trinajstić information content (AvgIpc) is 2.46. The molecule has 1 aromatic rings. The van der Waals surface area contributed by atoms with Crippen LogP contribution in [-0.4, -0.2) is 28.2 Å². The number of benzene rings is 1.